The predicted molar refractivity (Wildman–Crippen MR) is 107 cm³/mol. The molecule has 5 rings (SSSR count). The molecule has 158 valence electrons. The van der Waals surface area contributed by atoms with E-state index in [2.05, 4.69) is 5.32 Å². The Morgan fingerprint density at radius 1 is 1.13 bits per heavy atom. The molecule has 0 bridgehead atoms. The predicted octanol–water partition coefficient (Wildman–Crippen LogP) is 2.30. The Labute approximate surface area is 177 Å². The van der Waals surface area contributed by atoms with Gasteiger partial charge in [-0.15, -0.1) is 0 Å². The molecule has 2 aromatic carbocycles. The largest absolute Gasteiger partial charge is 0.327 e. The van der Waals surface area contributed by atoms with Gasteiger partial charge in [-0.3, -0.25) is 24.5 Å². The average Bonchev–Trinajstić information content (AvgIpc) is 3.26. The van der Waals surface area contributed by atoms with E-state index in [0.717, 1.165) is 5.56 Å². The molecule has 4 amide bonds. The summed E-state index contributed by atoms with van der Waals surface area (Å²) in [5.74, 6) is -1.65. The highest BCUT2D eigenvalue weighted by atomic mass is 19.1. The van der Waals surface area contributed by atoms with E-state index in [4.69, 9.17) is 0 Å². The Kier molecular flexibility index (Phi) is 4.39. The zero-order chi connectivity index (χ0) is 21.9. The van der Waals surface area contributed by atoms with Gasteiger partial charge in [-0.05, 0) is 48.7 Å². The number of hydrogen-bond donors (Lipinski definition) is 1. The lowest BCUT2D eigenvalue weighted by atomic mass is 10.0. The second-order valence-corrected chi connectivity index (χ2v) is 8.19. The summed E-state index contributed by atoms with van der Waals surface area (Å²) in [6, 6.07) is 8.78. The van der Waals surface area contributed by atoms with Gasteiger partial charge in [0.25, 0.3) is 11.8 Å². The third kappa shape index (κ3) is 3.01. The third-order valence-corrected chi connectivity index (χ3v) is 6.43. The van der Waals surface area contributed by atoms with Gasteiger partial charge in [0.1, 0.15) is 11.9 Å². The van der Waals surface area contributed by atoms with Crippen LogP contribution in [0.2, 0.25) is 0 Å². The smallest absolute Gasteiger partial charge is 0.255 e. The van der Waals surface area contributed by atoms with Crippen molar-refractivity contribution < 1.29 is 23.6 Å². The van der Waals surface area contributed by atoms with E-state index in [-0.39, 0.29) is 55.5 Å². The van der Waals surface area contributed by atoms with Gasteiger partial charge in [-0.25, -0.2) is 4.39 Å². The number of benzene rings is 2. The van der Waals surface area contributed by atoms with E-state index in [0.29, 0.717) is 22.3 Å². The van der Waals surface area contributed by atoms with Crippen LogP contribution in [0.15, 0.2) is 36.4 Å². The van der Waals surface area contributed by atoms with Crippen LogP contribution in [0.4, 0.5) is 4.39 Å². The summed E-state index contributed by atoms with van der Waals surface area (Å²) in [4.78, 5) is 52.7. The molecule has 1 unspecified atom stereocenters. The molecule has 3 aliphatic heterocycles. The van der Waals surface area contributed by atoms with Crippen molar-refractivity contribution >= 4 is 23.6 Å². The minimum atomic E-state index is -0.701. The van der Waals surface area contributed by atoms with Crippen LogP contribution in [0.5, 0.6) is 0 Å². The van der Waals surface area contributed by atoms with Crippen LogP contribution < -0.4 is 5.32 Å². The molecule has 0 saturated carbocycles. The van der Waals surface area contributed by atoms with Crippen molar-refractivity contribution in [2.24, 2.45) is 0 Å². The summed E-state index contributed by atoms with van der Waals surface area (Å²) < 4.78 is 14.2. The first-order valence-corrected chi connectivity index (χ1v) is 10.2. The number of halogens is 1. The summed E-state index contributed by atoms with van der Waals surface area (Å²) in [5, 5.41) is 2.28. The van der Waals surface area contributed by atoms with Crippen molar-refractivity contribution in [1.82, 2.24) is 15.1 Å². The molecule has 3 aliphatic rings. The molecule has 31 heavy (non-hydrogen) atoms. The molecule has 2 aromatic rings. The maximum Gasteiger partial charge on any atom is 0.255 e. The zero-order valence-corrected chi connectivity index (χ0v) is 16.9. The summed E-state index contributed by atoms with van der Waals surface area (Å²) in [7, 11) is 0. The number of carbonyl (C=O) groups excluding carboxylic acids is 4. The summed E-state index contributed by atoms with van der Waals surface area (Å²) >= 11 is 0. The number of nitrogens with one attached hydrogen (secondary N) is 1. The number of fused-ring (bicyclic) bond motifs is 2. The lowest BCUT2D eigenvalue weighted by Crippen LogP contribution is -2.52. The Hall–Kier alpha value is -3.55. The van der Waals surface area contributed by atoms with Crippen LogP contribution >= 0.6 is 0 Å². The fourth-order valence-corrected chi connectivity index (χ4v) is 4.73. The zero-order valence-electron chi connectivity index (χ0n) is 16.9. The van der Waals surface area contributed by atoms with E-state index < -0.39 is 11.9 Å². The van der Waals surface area contributed by atoms with Gasteiger partial charge in [0, 0.05) is 36.2 Å². The Balaban J connectivity index is 1.38. The normalized spacial score (nSPS) is 22.5. The first kappa shape index (κ1) is 19.4. The number of rotatable bonds is 2. The lowest BCUT2D eigenvalue weighted by Gasteiger charge is -2.29. The molecule has 0 aliphatic carbocycles. The van der Waals surface area contributed by atoms with Gasteiger partial charge in [0.15, 0.2) is 0 Å². The molecule has 2 atom stereocenters. The topological polar surface area (TPSA) is 86.8 Å². The highest BCUT2D eigenvalue weighted by Gasteiger charge is 2.40. The van der Waals surface area contributed by atoms with Gasteiger partial charge < -0.3 is 9.80 Å². The molecule has 0 spiro atoms. The molecule has 0 aromatic heterocycles. The van der Waals surface area contributed by atoms with E-state index in [1.54, 1.807) is 29.2 Å². The molecule has 8 heteroatoms. The van der Waals surface area contributed by atoms with E-state index in [1.807, 2.05) is 13.0 Å². The quantitative estimate of drug-likeness (QED) is 0.754. The van der Waals surface area contributed by atoms with Crippen LogP contribution in [0.25, 0.3) is 0 Å². The third-order valence-electron chi connectivity index (χ3n) is 6.43. The molecule has 3 heterocycles. The number of imide groups is 1. The van der Waals surface area contributed by atoms with Crippen LogP contribution in [0.3, 0.4) is 0 Å². The fourth-order valence-electron chi connectivity index (χ4n) is 4.73. The molecular formula is C23H20FN3O4. The molecule has 0 radical (unpaired) electrons. The minimum Gasteiger partial charge on any atom is -0.327 e. The molecule has 1 saturated heterocycles. The van der Waals surface area contributed by atoms with Crippen molar-refractivity contribution in [2.75, 3.05) is 0 Å². The van der Waals surface area contributed by atoms with Crippen molar-refractivity contribution in [1.29, 1.82) is 0 Å². The fraction of sp³-hybridized carbons (Fsp3) is 0.304. The van der Waals surface area contributed by atoms with Gasteiger partial charge in [0.05, 0.1) is 6.04 Å². The molecular weight excluding hydrogens is 401 g/mol. The minimum absolute atomic E-state index is 0.185. The monoisotopic (exact) mass is 421 g/mol. The number of amides is 4. The van der Waals surface area contributed by atoms with Crippen LogP contribution in [-0.2, 0) is 22.7 Å². The standard InChI is InChI=1S/C23H20FN3O4/c1-12-15-3-2-4-18(24)17(15)11-26(12)22(30)13-5-6-16-14(9-13)10-27(23(16)31)19-7-8-20(28)25-21(19)29/h2-6,9,12,19H,7-8,10-11H2,1H3,(H,25,28,29)/t12-,19?/m0/s1. The average molecular weight is 421 g/mol. The first-order chi connectivity index (χ1) is 14.8. The number of hydrogen-bond acceptors (Lipinski definition) is 4. The maximum atomic E-state index is 14.2. The number of piperidine rings is 1. The van der Waals surface area contributed by atoms with E-state index >= 15 is 0 Å². The molecule has 7 nitrogen and oxygen atoms in total. The number of nitrogens with zero attached hydrogens (tertiary/aromatic N) is 2. The second-order valence-electron chi connectivity index (χ2n) is 8.19. The van der Waals surface area contributed by atoms with Gasteiger partial charge in [0.2, 0.25) is 11.8 Å². The van der Waals surface area contributed by atoms with Crippen molar-refractivity contribution in [3.63, 3.8) is 0 Å². The SMILES string of the molecule is C[C@H]1c2cccc(F)c2CN1C(=O)c1ccc2c(c1)CN(C1CCC(=O)NC1=O)C2=O. The van der Waals surface area contributed by atoms with Crippen LogP contribution in [0, 0.1) is 5.82 Å². The molecule has 1 fully saturated rings. The maximum absolute atomic E-state index is 14.2. The molecule has 1 N–H and O–H groups in total. The summed E-state index contributed by atoms with van der Waals surface area (Å²) in [5.41, 5.74) is 2.86. The summed E-state index contributed by atoms with van der Waals surface area (Å²) in [6.07, 6.45) is 0.468. The van der Waals surface area contributed by atoms with E-state index in [9.17, 15) is 23.6 Å². The van der Waals surface area contributed by atoms with Crippen molar-refractivity contribution in [3.05, 3.63) is 70.0 Å². The Bertz CT molecular complexity index is 1160. The first-order valence-electron chi connectivity index (χ1n) is 10.2. The van der Waals surface area contributed by atoms with Gasteiger partial charge in [-0.1, -0.05) is 12.1 Å². The Morgan fingerprint density at radius 2 is 1.94 bits per heavy atom. The van der Waals surface area contributed by atoms with E-state index in [1.165, 1.54) is 11.0 Å². The van der Waals surface area contributed by atoms with Crippen LogP contribution in [-0.4, -0.2) is 39.5 Å². The highest BCUT2D eigenvalue weighted by molar-refractivity contribution is 6.06. The van der Waals surface area contributed by atoms with Crippen molar-refractivity contribution in [2.45, 2.75) is 44.9 Å². The number of carbonyl (C=O) groups is 4. The summed E-state index contributed by atoms with van der Waals surface area (Å²) in [6.45, 7) is 2.26. The lowest BCUT2D eigenvalue weighted by molar-refractivity contribution is -0.136. The second kappa shape index (κ2) is 7.01. The Morgan fingerprint density at radius 3 is 2.68 bits per heavy atom. The highest BCUT2D eigenvalue weighted by Crippen LogP contribution is 2.36. The van der Waals surface area contributed by atoms with Crippen molar-refractivity contribution in [3.8, 4) is 0 Å². The van der Waals surface area contributed by atoms with Crippen LogP contribution in [0.1, 0.15) is 63.2 Å². The van der Waals surface area contributed by atoms with Gasteiger partial charge >= 0.3 is 0 Å². The van der Waals surface area contributed by atoms with Gasteiger partial charge in [-0.2, -0.15) is 0 Å².